The molecular weight excluding hydrogens is 682 g/mol. The van der Waals surface area contributed by atoms with Crippen molar-refractivity contribution in [1.29, 1.82) is 0 Å². The largest absolute Gasteiger partial charge is 0.460 e. The van der Waals surface area contributed by atoms with Crippen molar-refractivity contribution in [2.24, 2.45) is 0 Å². The highest BCUT2D eigenvalue weighted by Gasteiger charge is 2.93. The molecule has 0 saturated carbocycles. The zero-order valence-electron chi connectivity index (χ0n) is 18.2. The predicted molar refractivity (Wildman–Crippen MR) is 110 cm³/mol. The fraction of sp³-hybridized carbons (Fsp3) is 0.550. The van der Waals surface area contributed by atoms with Crippen molar-refractivity contribution in [3.8, 4) is 0 Å². The van der Waals surface area contributed by atoms with Crippen molar-refractivity contribution in [3.63, 3.8) is 0 Å². The fourth-order valence-electron chi connectivity index (χ4n) is 2.65. The van der Waals surface area contributed by atoms with E-state index in [9.17, 15) is 70.7 Å². The van der Waals surface area contributed by atoms with Crippen molar-refractivity contribution in [3.05, 3.63) is 45.6 Å². The summed E-state index contributed by atoms with van der Waals surface area (Å²) in [5, 5.41) is 2.39. The highest BCUT2D eigenvalue weighted by Crippen LogP contribution is 2.62. The van der Waals surface area contributed by atoms with Gasteiger partial charge in [-0.1, -0.05) is 18.2 Å². The quantitative estimate of drug-likeness (QED) is 0.133. The summed E-state index contributed by atoms with van der Waals surface area (Å²) in [6.07, 6.45) is -9.47. The van der Waals surface area contributed by atoms with Crippen LogP contribution in [-0.4, -0.2) is 54.2 Å². The Morgan fingerprint density at radius 3 is 1.61 bits per heavy atom. The molecule has 0 aliphatic heterocycles. The molecular formula is C20H15F15INO. The van der Waals surface area contributed by atoms with Gasteiger partial charge in [-0.05, 0) is 57.6 Å². The third-order valence-electron chi connectivity index (χ3n) is 4.85. The van der Waals surface area contributed by atoms with E-state index in [-0.39, 0.29) is 24.9 Å². The Labute approximate surface area is 217 Å². The van der Waals surface area contributed by atoms with E-state index in [4.69, 9.17) is 0 Å². The van der Waals surface area contributed by atoms with Crippen molar-refractivity contribution in [2.75, 3.05) is 6.54 Å². The Hall–Kier alpha value is -1.89. The van der Waals surface area contributed by atoms with Gasteiger partial charge in [0.2, 0.25) is 0 Å². The molecule has 218 valence electrons. The number of rotatable bonds is 12. The van der Waals surface area contributed by atoms with Gasteiger partial charge in [0.15, 0.2) is 0 Å². The maximum Gasteiger partial charge on any atom is 0.460 e. The van der Waals surface area contributed by atoms with Gasteiger partial charge >= 0.3 is 41.7 Å². The Morgan fingerprint density at radius 1 is 0.684 bits per heavy atom. The average Bonchev–Trinajstić information content (AvgIpc) is 2.77. The lowest BCUT2D eigenvalue weighted by molar-refractivity contribution is -0.449. The summed E-state index contributed by atoms with van der Waals surface area (Å²) < 4.78 is 197. The van der Waals surface area contributed by atoms with Crippen LogP contribution in [0, 0.1) is 0 Å². The maximum absolute atomic E-state index is 13.9. The molecule has 0 bridgehead atoms. The number of halogens is 16. The Bertz CT molecular complexity index is 990. The monoisotopic (exact) mass is 697 g/mol. The lowest BCUT2D eigenvalue weighted by Crippen LogP contribution is -2.72. The van der Waals surface area contributed by atoms with Crippen LogP contribution in [0.2, 0.25) is 0 Å². The molecule has 1 rings (SSSR count). The standard InChI is InChI=1S/C20H15F15INO/c21-14(22,10-12(36)8-4-5-9-37-13(38)11-6-2-1-3-7-11)15(23,24)16(25,26)17(27,28)18(29,30)19(31,32)20(33,34)35/h1-3,6-7,10H,4-5,8-9H2,(H,37,38). The summed E-state index contributed by atoms with van der Waals surface area (Å²) in [6.45, 7) is -0.0863. The first kappa shape index (κ1) is 34.1. The van der Waals surface area contributed by atoms with Crippen LogP contribution in [0.1, 0.15) is 29.6 Å². The second-order valence-corrected chi connectivity index (χ2v) is 9.05. The molecule has 1 aromatic carbocycles. The molecule has 0 aliphatic rings. The second kappa shape index (κ2) is 11.3. The fourth-order valence-corrected chi connectivity index (χ4v) is 3.42. The third-order valence-corrected chi connectivity index (χ3v) is 5.70. The molecule has 1 N–H and O–H groups in total. The van der Waals surface area contributed by atoms with E-state index >= 15 is 0 Å². The van der Waals surface area contributed by atoms with E-state index in [2.05, 4.69) is 5.32 Å². The van der Waals surface area contributed by atoms with E-state index in [0.717, 1.165) is 22.6 Å². The minimum absolute atomic E-state index is 0.00609. The summed E-state index contributed by atoms with van der Waals surface area (Å²) in [5.41, 5.74) is 0.250. The zero-order valence-corrected chi connectivity index (χ0v) is 20.4. The lowest BCUT2D eigenvalue weighted by Gasteiger charge is -2.41. The number of allylic oxidation sites excluding steroid dienone is 2. The van der Waals surface area contributed by atoms with Crippen molar-refractivity contribution in [2.45, 2.75) is 61.0 Å². The molecule has 0 saturated heterocycles. The molecule has 18 heteroatoms. The Morgan fingerprint density at radius 2 is 1.13 bits per heavy atom. The van der Waals surface area contributed by atoms with E-state index in [1.807, 2.05) is 0 Å². The summed E-state index contributed by atoms with van der Waals surface area (Å²) in [4.78, 5) is 11.8. The lowest BCUT2D eigenvalue weighted by atomic mass is 9.91. The van der Waals surface area contributed by atoms with Gasteiger partial charge < -0.3 is 5.32 Å². The first-order valence-electron chi connectivity index (χ1n) is 9.92. The highest BCUT2D eigenvalue weighted by molar-refractivity contribution is 14.1. The van der Waals surface area contributed by atoms with Crippen LogP contribution in [0.4, 0.5) is 65.9 Å². The molecule has 0 aliphatic carbocycles. The topological polar surface area (TPSA) is 29.1 Å². The van der Waals surface area contributed by atoms with Crippen LogP contribution in [0.3, 0.4) is 0 Å². The maximum atomic E-state index is 13.9. The number of alkyl halides is 15. The molecule has 0 radical (unpaired) electrons. The van der Waals surface area contributed by atoms with Gasteiger partial charge in [0.25, 0.3) is 5.91 Å². The number of unbranched alkanes of at least 4 members (excludes halogenated alkanes) is 1. The minimum atomic E-state index is -8.30. The van der Waals surface area contributed by atoms with E-state index < -0.39 is 63.7 Å². The van der Waals surface area contributed by atoms with Crippen LogP contribution in [0.25, 0.3) is 0 Å². The van der Waals surface area contributed by atoms with Crippen LogP contribution in [-0.2, 0) is 0 Å². The molecule has 1 aromatic rings. The summed E-state index contributed by atoms with van der Waals surface area (Å²) in [6, 6.07) is 7.59. The van der Waals surface area contributed by atoms with Crippen molar-refractivity contribution < 1.29 is 70.7 Å². The summed E-state index contributed by atoms with van der Waals surface area (Å²) in [5.74, 6) is -47.2. The molecule has 0 heterocycles. The second-order valence-electron chi connectivity index (χ2n) is 7.66. The van der Waals surface area contributed by atoms with Gasteiger partial charge in [-0.2, -0.15) is 65.9 Å². The van der Waals surface area contributed by atoms with Gasteiger partial charge in [-0.3, -0.25) is 4.79 Å². The van der Waals surface area contributed by atoms with E-state index in [0.29, 0.717) is 0 Å². The highest BCUT2D eigenvalue weighted by atomic mass is 127. The number of carbonyl (C=O) groups is 1. The molecule has 2 nitrogen and oxygen atoms in total. The average molecular weight is 697 g/mol. The first-order valence-corrected chi connectivity index (χ1v) is 11.0. The smallest absolute Gasteiger partial charge is 0.352 e. The SMILES string of the molecule is O=C(NCCCCC(I)=CC(F)(F)C(F)(F)C(F)(F)C(F)(F)C(F)(F)C(F)(F)C(F)(F)F)c1ccccc1. The summed E-state index contributed by atoms with van der Waals surface area (Å²) >= 11 is 0.881. The summed E-state index contributed by atoms with van der Waals surface area (Å²) in [7, 11) is 0. The number of carbonyl (C=O) groups excluding carboxylic acids is 1. The molecule has 38 heavy (non-hydrogen) atoms. The minimum Gasteiger partial charge on any atom is -0.352 e. The number of hydrogen-bond acceptors (Lipinski definition) is 1. The Kier molecular flexibility index (Phi) is 10.2. The van der Waals surface area contributed by atoms with Gasteiger partial charge in [0.1, 0.15) is 0 Å². The molecule has 0 fully saturated rings. The van der Waals surface area contributed by atoms with Gasteiger partial charge in [-0.25, -0.2) is 0 Å². The normalized spacial score (nSPS) is 15.0. The number of nitrogens with one attached hydrogen (secondary N) is 1. The number of amides is 1. The van der Waals surface area contributed by atoms with Gasteiger partial charge in [0.05, 0.1) is 0 Å². The van der Waals surface area contributed by atoms with Gasteiger partial charge in [-0.15, -0.1) is 0 Å². The van der Waals surface area contributed by atoms with Crippen molar-refractivity contribution >= 4 is 28.5 Å². The predicted octanol–water partition coefficient (Wildman–Crippen LogP) is 8.28. The molecule has 0 unspecified atom stereocenters. The van der Waals surface area contributed by atoms with E-state index in [1.165, 1.54) is 12.1 Å². The number of benzene rings is 1. The molecule has 0 spiro atoms. The zero-order chi connectivity index (χ0) is 30.0. The van der Waals surface area contributed by atoms with Crippen LogP contribution < -0.4 is 5.32 Å². The van der Waals surface area contributed by atoms with Gasteiger partial charge in [0, 0.05) is 18.2 Å². The number of hydrogen-bond donors (Lipinski definition) is 1. The van der Waals surface area contributed by atoms with E-state index in [1.54, 1.807) is 18.2 Å². The molecule has 1 amide bonds. The van der Waals surface area contributed by atoms with Crippen LogP contribution in [0.5, 0.6) is 0 Å². The van der Waals surface area contributed by atoms with Crippen LogP contribution in [0.15, 0.2) is 40.0 Å². The van der Waals surface area contributed by atoms with Crippen LogP contribution >= 0.6 is 22.6 Å². The molecule has 0 aromatic heterocycles. The molecule has 0 atom stereocenters. The Balaban J connectivity index is 3.00. The first-order chi connectivity index (χ1) is 16.9. The third kappa shape index (κ3) is 6.29. The van der Waals surface area contributed by atoms with Crippen molar-refractivity contribution in [1.82, 2.24) is 5.32 Å².